The van der Waals surface area contributed by atoms with Gasteiger partial charge in [0.1, 0.15) is 17.3 Å². The second-order valence-corrected chi connectivity index (χ2v) is 9.06. The first kappa shape index (κ1) is 23.9. The molecule has 1 N–H and O–H groups in total. The molecule has 11 heteroatoms. The average Bonchev–Trinajstić information content (AvgIpc) is 3.45. The molecule has 0 aliphatic carbocycles. The summed E-state index contributed by atoms with van der Waals surface area (Å²) in [5.74, 6) is -1.44. The van der Waals surface area contributed by atoms with Gasteiger partial charge in [-0.1, -0.05) is 35.6 Å². The molecular formula is C26H19N3O7S. The van der Waals surface area contributed by atoms with Crippen LogP contribution in [0.4, 0.5) is 10.8 Å². The summed E-state index contributed by atoms with van der Waals surface area (Å²) in [6, 6.07) is 16.1. The number of carbonyl (C=O) groups excluding carboxylic acids is 2. The Kier molecular flexibility index (Phi) is 6.06. The van der Waals surface area contributed by atoms with E-state index in [9.17, 15) is 24.8 Å². The minimum Gasteiger partial charge on any atom is -0.507 e. The van der Waals surface area contributed by atoms with Crippen molar-refractivity contribution in [3.05, 3.63) is 93.5 Å². The third-order valence-electron chi connectivity index (χ3n) is 5.99. The summed E-state index contributed by atoms with van der Waals surface area (Å²) >= 11 is 1.15. The Morgan fingerprint density at radius 2 is 1.84 bits per heavy atom. The molecule has 3 aromatic carbocycles. The highest BCUT2D eigenvalue weighted by Crippen LogP contribution is 2.45. The Morgan fingerprint density at radius 3 is 2.57 bits per heavy atom. The van der Waals surface area contributed by atoms with E-state index >= 15 is 0 Å². The number of fused-ring (bicyclic) bond motifs is 1. The normalized spacial score (nSPS) is 16.8. The van der Waals surface area contributed by atoms with Crippen LogP contribution in [0.5, 0.6) is 11.5 Å². The molecule has 1 amide bonds. The Morgan fingerprint density at radius 1 is 1.05 bits per heavy atom. The number of hydrogen-bond acceptors (Lipinski definition) is 9. The van der Waals surface area contributed by atoms with Crippen LogP contribution in [0.2, 0.25) is 0 Å². The molecule has 1 saturated heterocycles. The molecule has 10 nitrogen and oxygen atoms in total. The van der Waals surface area contributed by atoms with Crippen molar-refractivity contribution in [1.29, 1.82) is 0 Å². The van der Waals surface area contributed by atoms with Crippen molar-refractivity contribution in [2.75, 3.05) is 19.1 Å². The molecule has 186 valence electrons. The number of thiazole rings is 1. The molecule has 1 aromatic heterocycles. The van der Waals surface area contributed by atoms with E-state index < -0.39 is 28.4 Å². The molecule has 5 rings (SSSR count). The van der Waals surface area contributed by atoms with Crippen LogP contribution in [0.15, 0.2) is 72.3 Å². The first-order valence-electron chi connectivity index (χ1n) is 11.0. The smallest absolute Gasteiger partial charge is 0.301 e. The number of nitrogens with zero attached hydrogens (tertiary/aromatic N) is 3. The molecule has 0 bridgehead atoms. The number of rotatable bonds is 6. The predicted octanol–water partition coefficient (Wildman–Crippen LogP) is 4.85. The molecule has 4 aromatic rings. The molecule has 1 atom stereocenters. The molecule has 0 radical (unpaired) electrons. The average molecular weight is 518 g/mol. The zero-order valence-corrected chi connectivity index (χ0v) is 20.4. The van der Waals surface area contributed by atoms with Crippen LogP contribution >= 0.6 is 11.3 Å². The maximum Gasteiger partial charge on any atom is 0.301 e. The number of Topliss-reactive ketones (excluding diaryl/α,β-unsaturated/α-hetero) is 1. The van der Waals surface area contributed by atoms with Crippen LogP contribution in [0.1, 0.15) is 17.2 Å². The second-order valence-electron chi connectivity index (χ2n) is 8.05. The van der Waals surface area contributed by atoms with Crippen LogP contribution in [-0.4, -0.2) is 40.9 Å². The van der Waals surface area contributed by atoms with Gasteiger partial charge in [0.05, 0.1) is 46.5 Å². The van der Waals surface area contributed by atoms with Crippen LogP contribution < -0.4 is 14.4 Å². The Hall–Kier alpha value is -4.77. The number of anilines is 1. The zero-order valence-electron chi connectivity index (χ0n) is 19.6. The summed E-state index contributed by atoms with van der Waals surface area (Å²) in [5.41, 5.74) is 0.584. The lowest BCUT2D eigenvalue weighted by Gasteiger charge is -2.23. The number of amides is 1. The van der Waals surface area contributed by atoms with Gasteiger partial charge in [0.15, 0.2) is 5.13 Å². The van der Waals surface area contributed by atoms with Gasteiger partial charge in [-0.2, -0.15) is 0 Å². The molecule has 2 heterocycles. The molecular weight excluding hydrogens is 498 g/mol. The first-order valence-corrected chi connectivity index (χ1v) is 11.8. The zero-order chi connectivity index (χ0) is 26.3. The Labute approximate surface area is 214 Å². The molecule has 1 unspecified atom stereocenters. The van der Waals surface area contributed by atoms with Crippen molar-refractivity contribution in [1.82, 2.24) is 4.98 Å². The molecule has 1 aliphatic rings. The quantitative estimate of drug-likeness (QED) is 0.126. The van der Waals surface area contributed by atoms with Gasteiger partial charge < -0.3 is 14.6 Å². The van der Waals surface area contributed by atoms with Crippen LogP contribution in [0.3, 0.4) is 0 Å². The number of para-hydroxylation sites is 1. The van der Waals surface area contributed by atoms with E-state index in [1.54, 1.807) is 48.5 Å². The number of non-ortho nitro benzene ring substituents is 1. The number of aliphatic hydroxyl groups is 1. The van der Waals surface area contributed by atoms with Crippen molar-refractivity contribution < 1.29 is 29.1 Å². The third kappa shape index (κ3) is 4.04. The molecule has 0 saturated carbocycles. The maximum absolute atomic E-state index is 13.4. The van der Waals surface area contributed by atoms with E-state index in [4.69, 9.17) is 9.47 Å². The number of aliphatic hydroxyl groups excluding tert-OH is 1. The summed E-state index contributed by atoms with van der Waals surface area (Å²) in [4.78, 5) is 43.5. The highest BCUT2D eigenvalue weighted by atomic mass is 32.1. The fraction of sp³-hybridized carbons (Fsp3) is 0.115. The van der Waals surface area contributed by atoms with E-state index in [1.807, 2.05) is 0 Å². The lowest BCUT2D eigenvalue weighted by atomic mass is 9.95. The van der Waals surface area contributed by atoms with Gasteiger partial charge >= 0.3 is 5.91 Å². The van der Waals surface area contributed by atoms with E-state index in [1.165, 1.54) is 37.3 Å². The summed E-state index contributed by atoms with van der Waals surface area (Å²) in [5, 5.41) is 23.0. The summed E-state index contributed by atoms with van der Waals surface area (Å²) in [7, 11) is 2.94. The van der Waals surface area contributed by atoms with E-state index in [2.05, 4.69) is 4.98 Å². The number of aromatic nitrogens is 1. The Bertz CT molecular complexity index is 1610. The van der Waals surface area contributed by atoms with Gasteiger partial charge in [0, 0.05) is 12.1 Å². The summed E-state index contributed by atoms with van der Waals surface area (Å²) in [6.07, 6.45) is 0. The number of ketones is 1. The van der Waals surface area contributed by atoms with Crippen LogP contribution in [0.25, 0.3) is 16.0 Å². The van der Waals surface area contributed by atoms with E-state index in [0.717, 1.165) is 11.3 Å². The summed E-state index contributed by atoms with van der Waals surface area (Å²) in [6.45, 7) is 0. The minimum absolute atomic E-state index is 0.195. The van der Waals surface area contributed by atoms with Gasteiger partial charge in [-0.05, 0) is 35.9 Å². The van der Waals surface area contributed by atoms with E-state index in [0.29, 0.717) is 16.0 Å². The fourth-order valence-electron chi connectivity index (χ4n) is 4.26. The monoisotopic (exact) mass is 517 g/mol. The standard InChI is InChI=1S/C26H19N3O7S/c1-35-16-10-11-18-20(13-16)37-26(27-18)28-22(14-6-5-7-15(12-14)29(33)34)21(24(31)25(28)32)23(30)17-8-3-4-9-19(17)36-2/h3-13,22,30H,1-2H3/b23-21+. The van der Waals surface area contributed by atoms with Crippen molar-refractivity contribution in [3.8, 4) is 11.5 Å². The number of ether oxygens (including phenoxy) is 2. The number of benzene rings is 3. The van der Waals surface area contributed by atoms with Crippen molar-refractivity contribution >= 4 is 49.8 Å². The Balaban J connectivity index is 1.76. The number of carbonyl (C=O) groups is 2. The SMILES string of the molecule is COc1ccc2nc(N3C(=O)C(=O)/C(=C(/O)c4ccccc4OC)C3c3cccc([N+](=O)[O-])c3)sc2c1. The molecule has 0 spiro atoms. The minimum atomic E-state index is -1.17. The molecule has 37 heavy (non-hydrogen) atoms. The molecule has 1 fully saturated rings. The van der Waals surface area contributed by atoms with Gasteiger partial charge in [-0.25, -0.2) is 4.98 Å². The third-order valence-corrected chi connectivity index (χ3v) is 7.01. The van der Waals surface area contributed by atoms with Gasteiger partial charge in [-0.3, -0.25) is 24.6 Å². The summed E-state index contributed by atoms with van der Waals surface area (Å²) < 4.78 is 11.3. The lowest BCUT2D eigenvalue weighted by molar-refractivity contribution is -0.384. The fourth-order valence-corrected chi connectivity index (χ4v) is 5.28. The number of nitro groups is 1. The second kappa shape index (κ2) is 9.36. The maximum atomic E-state index is 13.4. The van der Waals surface area contributed by atoms with Gasteiger partial charge in [-0.15, -0.1) is 0 Å². The predicted molar refractivity (Wildman–Crippen MR) is 137 cm³/mol. The van der Waals surface area contributed by atoms with Crippen LogP contribution in [0, 0.1) is 10.1 Å². The van der Waals surface area contributed by atoms with Crippen LogP contribution in [-0.2, 0) is 9.59 Å². The van der Waals surface area contributed by atoms with Crippen molar-refractivity contribution in [3.63, 3.8) is 0 Å². The highest BCUT2D eigenvalue weighted by Gasteiger charge is 2.48. The van der Waals surface area contributed by atoms with E-state index in [-0.39, 0.29) is 33.3 Å². The largest absolute Gasteiger partial charge is 0.507 e. The lowest BCUT2D eigenvalue weighted by Crippen LogP contribution is -2.29. The van der Waals surface area contributed by atoms with Gasteiger partial charge in [0.25, 0.3) is 11.5 Å². The molecule has 1 aliphatic heterocycles. The number of hydrogen-bond donors (Lipinski definition) is 1. The highest BCUT2D eigenvalue weighted by molar-refractivity contribution is 7.22. The number of methoxy groups -OCH3 is 2. The number of nitro benzene ring substituents is 1. The first-order chi connectivity index (χ1) is 17.8. The van der Waals surface area contributed by atoms with Gasteiger partial charge in [0.2, 0.25) is 0 Å². The topological polar surface area (TPSA) is 132 Å². The van der Waals surface area contributed by atoms with Crippen molar-refractivity contribution in [2.45, 2.75) is 6.04 Å². The van der Waals surface area contributed by atoms with Crippen molar-refractivity contribution in [2.24, 2.45) is 0 Å².